The maximum atomic E-state index is 12.5. The van der Waals surface area contributed by atoms with Gasteiger partial charge in [0.25, 0.3) is 10.1 Å². The molecule has 0 radical (unpaired) electrons. The minimum absolute atomic E-state index is 0.0886. The van der Waals surface area contributed by atoms with E-state index in [1.54, 1.807) is 19.1 Å². The Morgan fingerprint density at radius 1 is 1.10 bits per heavy atom. The van der Waals surface area contributed by atoms with Crippen molar-refractivity contribution in [3.63, 3.8) is 0 Å². The van der Waals surface area contributed by atoms with Crippen LogP contribution in [0.3, 0.4) is 0 Å². The number of likely N-dealkylation sites (tertiary alicyclic amines) is 1. The van der Waals surface area contributed by atoms with Gasteiger partial charge in [-0.05, 0) is 38.0 Å². The van der Waals surface area contributed by atoms with E-state index in [1.807, 2.05) is 37.3 Å². The lowest BCUT2D eigenvalue weighted by molar-refractivity contribution is 0.0442. The molecule has 7 nitrogen and oxygen atoms in total. The highest BCUT2D eigenvalue weighted by Gasteiger charge is 2.38. The van der Waals surface area contributed by atoms with Gasteiger partial charge in [0.1, 0.15) is 0 Å². The Balaban J connectivity index is 1.64. The molecule has 0 bridgehead atoms. The lowest BCUT2D eigenvalue weighted by Crippen LogP contribution is -2.39. The van der Waals surface area contributed by atoms with Gasteiger partial charge in [0, 0.05) is 0 Å². The molecule has 0 unspecified atom stereocenters. The minimum atomic E-state index is -3.92. The molecule has 0 aliphatic carbocycles. The van der Waals surface area contributed by atoms with Crippen molar-refractivity contribution in [1.29, 1.82) is 0 Å². The van der Waals surface area contributed by atoms with Gasteiger partial charge < -0.3 is 14.4 Å². The largest absolute Gasteiger partial charge is 0.450 e. The first-order valence-electron chi connectivity index (χ1n) is 9.94. The van der Waals surface area contributed by atoms with E-state index in [1.165, 1.54) is 17.0 Å². The molecule has 162 valence electrons. The Morgan fingerprint density at radius 2 is 1.80 bits per heavy atom. The summed E-state index contributed by atoms with van der Waals surface area (Å²) in [6.45, 7) is 4.43. The van der Waals surface area contributed by atoms with E-state index in [0.29, 0.717) is 19.6 Å². The van der Waals surface area contributed by atoms with Crippen molar-refractivity contribution in [2.75, 3.05) is 19.8 Å². The quantitative estimate of drug-likeness (QED) is 0.593. The number of benzene rings is 2. The second kappa shape index (κ2) is 10.1. The second-order valence-electron chi connectivity index (χ2n) is 7.21. The van der Waals surface area contributed by atoms with E-state index < -0.39 is 22.3 Å². The minimum Gasteiger partial charge on any atom is -0.450 e. The maximum Gasteiger partial charge on any atom is 0.410 e. The first-order chi connectivity index (χ1) is 14.4. The van der Waals surface area contributed by atoms with Crippen LogP contribution in [0.5, 0.6) is 0 Å². The summed E-state index contributed by atoms with van der Waals surface area (Å²) in [6, 6.07) is 15.7. The van der Waals surface area contributed by atoms with Gasteiger partial charge in [-0.1, -0.05) is 48.0 Å². The zero-order chi connectivity index (χ0) is 21.6. The highest BCUT2D eigenvalue weighted by Crippen LogP contribution is 2.24. The zero-order valence-corrected chi connectivity index (χ0v) is 18.0. The number of aryl methyl sites for hydroxylation is 1. The highest BCUT2D eigenvalue weighted by atomic mass is 32.2. The molecule has 0 spiro atoms. The van der Waals surface area contributed by atoms with Crippen molar-refractivity contribution >= 4 is 16.2 Å². The Bertz CT molecular complexity index is 930. The summed E-state index contributed by atoms with van der Waals surface area (Å²) in [6.07, 6.45) is -0.260. The van der Waals surface area contributed by atoms with Crippen LogP contribution < -0.4 is 0 Å². The van der Waals surface area contributed by atoms with Crippen LogP contribution in [-0.4, -0.2) is 51.3 Å². The van der Waals surface area contributed by atoms with E-state index in [9.17, 15) is 13.2 Å². The number of nitrogens with zero attached hydrogens (tertiary/aromatic N) is 1. The van der Waals surface area contributed by atoms with Crippen molar-refractivity contribution < 1.29 is 26.9 Å². The lowest BCUT2D eigenvalue weighted by Gasteiger charge is -2.23. The normalized spacial score (nSPS) is 19.1. The average Bonchev–Trinajstić information content (AvgIpc) is 3.15. The lowest BCUT2D eigenvalue weighted by atomic mass is 10.2. The third kappa shape index (κ3) is 5.81. The molecule has 1 aliphatic heterocycles. The molecule has 1 aliphatic rings. The SMILES string of the molecule is CCOC(=O)N1C[C@H](OCc2ccccc2)C[C@@H]1COS(=O)(=O)c1ccc(C)cc1. The Morgan fingerprint density at radius 3 is 2.47 bits per heavy atom. The van der Waals surface area contributed by atoms with Crippen molar-refractivity contribution in [3.05, 3.63) is 65.7 Å². The summed E-state index contributed by atoms with van der Waals surface area (Å²) >= 11 is 0. The number of amides is 1. The number of rotatable bonds is 8. The first-order valence-corrected chi connectivity index (χ1v) is 11.3. The van der Waals surface area contributed by atoms with Crippen LogP contribution in [0.4, 0.5) is 4.79 Å². The molecule has 1 fully saturated rings. The summed E-state index contributed by atoms with van der Waals surface area (Å²) in [5.41, 5.74) is 1.98. The molecule has 1 heterocycles. The van der Waals surface area contributed by atoms with Crippen molar-refractivity contribution in [3.8, 4) is 0 Å². The number of carbonyl (C=O) groups is 1. The predicted octanol–water partition coefficient (Wildman–Crippen LogP) is 3.52. The van der Waals surface area contributed by atoms with Crippen LogP contribution >= 0.6 is 0 Å². The standard InChI is InChI=1S/C22H27NO6S/c1-3-27-22(24)23-14-20(28-15-18-7-5-4-6-8-18)13-19(23)16-29-30(25,26)21-11-9-17(2)10-12-21/h4-12,19-20H,3,13-16H2,1-2H3/t19-,20-/m1/s1. The zero-order valence-electron chi connectivity index (χ0n) is 17.2. The number of carbonyl (C=O) groups excluding carboxylic acids is 1. The fourth-order valence-electron chi connectivity index (χ4n) is 3.31. The van der Waals surface area contributed by atoms with Crippen molar-refractivity contribution in [2.45, 2.75) is 43.9 Å². The summed E-state index contributed by atoms with van der Waals surface area (Å²) in [5.74, 6) is 0. The van der Waals surface area contributed by atoms with Crippen LogP contribution in [0.2, 0.25) is 0 Å². The van der Waals surface area contributed by atoms with Gasteiger partial charge in [-0.15, -0.1) is 0 Å². The molecule has 0 saturated carbocycles. The summed E-state index contributed by atoms with van der Waals surface area (Å²) < 4.78 is 41.4. The molecule has 2 aromatic rings. The Kier molecular flexibility index (Phi) is 7.47. The fourth-order valence-corrected chi connectivity index (χ4v) is 4.25. The predicted molar refractivity (Wildman–Crippen MR) is 111 cm³/mol. The molecule has 2 aromatic carbocycles. The van der Waals surface area contributed by atoms with Crippen LogP contribution in [0, 0.1) is 6.92 Å². The summed E-state index contributed by atoms with van der Waals surface area (Å²) in [7, 11) is -3.92. The van der Waals surface area contributed by atoms with Gasteiger partial charge in [-0.25, -0.2) is 4.79 Å². The Hall–Kier alpha value is -2.42. The van der Waals surface area contributed by atoms with Gasteiger partial charge in [0.2, 0.25) is 0 Å². The van der Waals surface area contributed by atoms with Gasteiger partial charge >= 0.3 is 6.09 Å². The van der Waals surface area contributed by atoms with Gasteiger partial charge in [0.15, 0.2) is 0 Å². The van der Waals surface area contributed by atoms with Crippen LogP contribution in [0.25, 0.3) is 0 Å². The molecule has 0 aromatic heterocycles. The topological polar surface area (TPSA) is 82.1 Å². The molecule has 1 amide bonds. The summed E-state index contributed by atoms with van der Waals surface area (Å²) in [5, 5.41) is 0. The van der Waals surface area contributed by atoms with E-state index in [0.717, 1.165) is 11.1 Å². The van der Waals surface area contributed by atoms with Crippen molar-refractivity contribution in [2.24, 2.45) is 0 Å². The van der Waals surface area contributed by atoms with E-state index in [2.05, 4.69) is 0 Å². The number of hydrogen-bond donors (Lipinski definition) is 0. The molecule has 30 heavy (non-hydrogen) atoms. The smallest absolute Gasteiger partial charge is 0.410 e. The molecule has 1 saturated heterocycles. The van der Waals surface area contributed by atoms with Crippen LogP contribution in [0.15, 0.2) is 59.5 Å². The first kappa shape index (κ1) is 22.3. The van der Waals surface area contributed by atoms with Gasteiger partial charge in [-0.2, -0.15) is 8.42 Å². The second-order valence-corrected chi connectivity index (χ2v) is 8.83. The van der Waals surface area contributed by atoms with Gasteiger partial charge in [0.05, 0.1) is 43.4 Å². The van der Waals surface area contributed by atoms with Crippen LogP contribution in [-0.2, 0) is 30.4 Å². The molecule has 3 rings (SSSR count). The molecule has 0 N–H and O–H groups in total. The Labute approximate surface area is 177 Å². The van der Waals surface area contributed by atoms with Crippen molar-refractivity contribution in [1.82, 2.24) is 4.90 Å². The molecular weight excluding hydrogens is 406 g/mol. The third-order valence-corrected chi connectivity index (χ3v) is 6.23. The van der Waals surface area contributed by atoms with E-state index in [4.69, 9.17) is 13.7 Å². The van der Waals surface area contributed by atoms with E-state index in [-0.39, 0.29) is 24.2 Å². The fraction of sp³-hybridized carbons (Fsp3) is 0.409. The molecule has 2 atom stereocenters. The van der Waals surface area contributed by atoms with Crippen LogP contribution in [0.1, 0.15) is 24.5 Å². The highest BCUT2D eigenvalue weighted by molar-refractivity contribution is 7.86. The monoisotopic (exact) mass is 433 g/mol. The van der Waals surface area contributed by atoms with E-state index >= 15 is 0 Å². The summed E-state index contributed by atoms with van der Waals surface area (Å²) in [4.78, 5) is 13.9. The molecule has 8 heteroatoms. The third-order valence-electron chi connectivity index (χ3n) is 4.93. The maximum absolute atomic E-state index is 12.5. The average molecular weight is 434 g/mol. The van der Waals surface area contributed by atoms with Gasteiger partial charge in [-0.3, -0.25) is 4.18 Å². The number of hydrogen-bond acceptors (Lipinski definition) is 6. The molecular formula is C22H27NO6S. The number of ether oxygens (including phenoxy) is 2.